The minimum Gasteiger partial charge on any atom is -0.310 e. The van der Waals surface area contributed by atoms with Crippen molar-refractivity contribution >= 4 is 34.6 Å². The maximum atomic E-state index is 7.55. The summed E-state index contributed by atoms with van der Waals surface area (Å²) in [6, 6.07) is 52.4. The molecule has 0 spiro atoms. The van der Waals surface area contributed by atoms with E-state index in [9.17, 15) is 0 Å². The third-order valence-electron chi connectivity index (χ3n) is 11.2. The van der Waals surface area contributed by atoms with Crippen LogP contribution in [0.3, 0.4) is 0 Å². The molecule has 1 aliphatic heterocycles. The van der Waals surface area contributed by atoms with Gasteiger partial charge in [-0.2, -0.15) is 0 Å². The first-order chi connectivity index (χ1) is 25.6. The Bertz CT molecular complexity index is 1920. The maximum absolute atomic E-state index is 7.55. The molecule has 1 heterocycles. The van der Waals surface area contributed by atoms with Crippen molar-refractivity contribution in [2.45, 2.75) is 65.2 Å². The Morgan fingerprint density at radius 1 is 0.396 bits per heavy atom. The van der Waals surface area contributed by atoms with Gasteiger partial charge in [-0.25, -0.2) is 0 Å². The number of hydrogen-bond donors (Lipinski definition) is 0. The lowest BCUT2D eigenvalue weighted by molar-refractivity contribution is 0.835. The second-order valence-electron chi connectivity index (χ2n) is 14.7. The highest BCUT2D eigenvalue weighted by atomic mass is 35.5. The third kappa shape index (κ3) is 7.28. The van der Waals surface area contributed by atoms with Crippen molar-refractivity contribution in [1.29, 1.82) is 0 Å². The van der Waals surface area contributed by atoms with Crippen molar-refractivity contribution in [3.8, 4) is 0 Å². The van der Waals surface area contributed by atoms with Gasteiger partial charge in [-0.15, -0.1) is 0 Å². The average molecular weight is 736 g/mol. The summed E-state index contributed by atoms with van der Waals surface area (Å²) >= 11 is 15.1. The first kappa shape index (κ1) is 36.6. The molecule has 268 valence electrons. The van der Waals surface area contributed by atoms with Gasteiger partial charge in [0.25, 0.3) is 0 Å². The minimum absolute atomic E-state index is 0.117. The van der Waals surface area contributed by atoms with Gasteiger partial charge in [0.15, 0.2) is 0 Å². The van der Waals surface area contributed by atoms with Crippen LogP contribution in [0.25, 0.3) is 0 Å². The molecule has 0 aromatic heterocycles. The summed E-state index contributed by atoms with van der Waals surface area (Å²) in [6.07, 6.45) is 0. The Kier molecular flexibility index (Phi) is 10.8. The first-order valence-corrected chi connectivity index (χ1v) is 19.5. The predicted molar refractivity (Wildman–Crippen MR) is 227 cm³/mol. The highest BCUT2D eigenvalue weighted by molar-refractivity contribution is 6.42. The molecule has 4 atom stereocenters. The summed E-state index contributed by atoms with van der Waals surface area (Å²) in [5.41, 5.74) is 14.7. The normalized spacial score (nSPS) is 15.4. The van der Waals surface area contributed by atoms with Gasteiger partial charge in [0.2, 0.25) is 0 Å². The topological polar surface area (TPSA) is 6.48 Å². The fourth-order valence-electron chi connectivity index (χ4n) is 8.13. The Morgan fingerprint density at radius 3 is 0.849 bits per heavy atom. The minimum atomic E-state index is 0.117. The Labute approximate surface area is 326 Å². The lowest BCUT2D eigenvalue weighted by Gasteiger charge is -2.34. The number of anilines is 2. The van der Waals surface area contributed by atoms with Crippen LogP contribution in [0.1, 0.15) is 107 Å². The van der Waals surface area contributed by atoms with Gasteiger partial charge in [0, 0.05) is 23.7 Å². The Morgan fingerprint density at radius 2 is 0.623 bits per heavy atom. The number of nitrogens with zero attached hydrogens (tertiary/aromatic N) is 2. The molecule has 0 N–H and O–H groups in total. The second kappa shape index (κ2) is 15.7. The first-order valence-electron chi connectivity index (χ1n) is 18.7. The number of rotatable bonds is 10. The zero-order valence-electron chi connectivity index (χ0n) is 31.5. The van der Waals surface area contributed by atoms with Crippen LogP contribution in [0.2, 0.25) is 0 Å². The number of hydrogen-bond acceptors (Lipinski definition) is 2. The molecule has 6 aromatic rings. The number of aryl methyl sites for hydroxylation is 2. The van der Waals surface area contributed by atoms with Gasteiger partial charge >= 0.3 is 0 Å². The van der Waals surface area contributed by atoms with Gasteiger partial charge in [-0.05, 0) is 58.4 Å². The van der Waals surface area contributed by atoms with Gasteiger partial charge in [0.05, 0.1) is 11.4 Å². The molecule has 4 heteroatoms. The molecule has 53 heavy (non-hydrogen) atoms. The standard InChI is InChI=1S/C49H48Cl2N2/c1-32-27-42(34(3)38-19-11-7-12-20-38)46(43(28-32)35(4)39-21-13-8-14-22-39)52-31-53(49(51)48(52)50)47-44(36(5)40-23-15-9-16-24-40)29-33(2)30-45(47)37(6)41-25-17-10-18-26-41/h7-30,34-37H,31H2,1-6H3/t34-,35-,36-,37-/m1/s1. The molecule has 0 saturated carbocycles. The number of halogens is 2. The Balaban J connectivity index is 1.43. The SMILES string of the molecule is Cc1cc([C@H](C)c2ccccc2)c(N2CN(c3c([C@H](C)c4ccccc4)cc(C)cc3[C@H](C)c3ccccc3)C(Cl)=C2Cl)c([C@H](C)c2ccccc2)c1. The van der Waals surface area contributed by atoms with Crippen LogP contribution < -0.4 is 9.80 Å². The van der Waals surface area contributed by atoms with Gasteiger partial charge in [-0.3, -0.25) is 0 Å². The summed E-state index contributed by atoms with van der Waals surface area (Å²) in [5, 5.41) is 1.08. The highest BCUT2D eigenvalue weighted by Gasteiger charge is 2.37. The molecule has 0 fully saturated rings. The fraction of sp³-hybridized carbons (Fsp3) is 0.224. The van der Waals surface area contributed by atoms with E-state index in [2.05, 4.69) is 197 Å². The van der Waals surface area contributed by atoms with E-state index in [4.69, 9.17) is 23.2 Å². The predicted octanol–water partition coefficient (Wildman–Crippen LogP) is 13.8. The second-order valence-corrected chi connectivity index (χ2v) is 15.4. The molecule has 2 nitrogen and oxygen atoms in total. The molecule has 0 saturated heterocycles. The van der Waals surface area contributed by atoms with Crippen LogP contribution in [0.5, 0.6) is 0 Å². The average Bonchev–Trinajstić information content (AvgIpc) is 3.49. The molecule has 0 radical (unpaired) electrons. The van der Waals surface area contributed by atoms with Gasteiger partial charge in [0.1, 0.15) is 17.0 Å². The van der Waals surface area contributed by atoms with Crippen LogP contribution in [0, 0.1) is 13.8 Å². The van der Waals surface area contributed by atoms with E-state index in [1.54, 1.807) is 0 Å². The number of benzene rings is 6. The largest absolute Gasteiger partial charge is 0.310 e. The van der Waals surface area contributed by atoms with E-state index in [0.29, 0.717) is 17.0 Å². The van der Waals surface area contributed by atoms with Crippen molar-refractivity contribution in [2.24, 2.45) is 0 Å². The quantitative estimate of drug-likeness (QED) is 0.129. The molecular weight excluding hydrogens is 687 g/mol. The molecule has 0 aliphatic carbocycles. The summed E-state index contributed by atoms with van der Waals surface area (Å²) in [5.74, 6) is 0.470. The van der Waals surface area contributed by atoms with Crippen LogP contribution in [0.15, 0.2) is 156 Å². The van der Waals surface area contributed by atoms with Crippen molar-refractivity contribution in [3.05, 3.63) is 212 Å². The van der Waals surface area contributed by atoms with Crippen LogP contribution >= 0.6 is 23.2 Å². The van der Waals surface area contributed by atoms with Crippen molar-refractivity contribution in [2.75, 3.05) is 16.5 Å². The smallest absolute Gasteiger partial charge is 0.146 e. The van der Waals surface area contributed by atoms with Gasteiger partial charge in [-0.1, -0.05) is 208 Å². The van der Waals surface area contributed by atoms with Crippen LogP contribution in [0.4, 0.5) is 11.4 Å². The summed E-state index contributed by atoms with van der Waals surface area (Å²) < 4.78 is 0. The monoisotopic (exact) mass is 734 g/mol. The third-order valence-corrected chi connectivity index (χ3v) is 12.0. The van der Waals surface area contributed by atoms with Crippen molar-refractivity contribution in [1.82, 2.24) is 0 Å². The molecular formula is C49H48Cl2N2. The van der Waals surface area contributed by atoms with E-state index < -0.39 is 0 Å². The lowest BCUT2D eigenvalue weighted by Crippen LogP contribution is -2.30. The molecule has 0 unspecified atom stereocenters. The highest BCUT2D eigenvalue weighted by Crippen LogP contribution is 2.49. The van der Waals surface area contributed by atoms with E-state index in [-0.39, 0.29) is 23.7 Å². The molecule has 1 aliphatic rings. The molecule has 6 aromatic carbocycles. The zero-order chi connectivity index (χ0) is 37.2. The summed E-state index contributed by atoms with van der Waals surface area (Å²) in [6.45, 7) is 14.1. The molecule has 0 amide bonds. The fourth-order valence-corrected chi connectivity index (χ4v) is 8.61. The van der Waals surface area contributed by atoms with E-state index in [1.807, 2.05) is 0 Å². The van der Waals surface area contributed by atoms with E-state index >= 15 is 0 Å². The van der Waals surface area contributed by atoms with Gasteiger partial charge < -0.3 is 9.80 Å². The summed E-state index contributed by atoms with van der Waals surface area (Å²) in [4.78, 5) is 4.53. The lowest BCUT2D eigenvalue weighted by atomic mass is 9.83. The van der Waals surface area contributed by atoms with Crippen molar-refractivity contribution in [3.63, 3.8) is 0 Å². The van der Waals surface area contributed by atoms with Crippen LogP contribution in [-0.2, 0) is 0 Å². The zero-order valence-corrected chi connectivity index (χ0v) is 33.0. The molecule has 0 bridgehead atoms. The maximum Gasteiger partial charge on any atom is 0.146 e. The molecule has 7 rings (SSSR count). The summed E-state index contributed by atoms with van der Waals surface area (Å²) in [7, 11) is 0. The van der Waals surface area contributed by atoms with Crippen LogP contribution in [-0.4, -0.2) is 6.67 Å². The van der Waals surface area contributed by atoms with Crippen molar-refractivity contribution < 1.29 is 0 Å². The van der Waals surface area contributed by atoms with E-state index in [0.717, 1.165) is 11.4 Å². The van der Waals surface area contributed by atoms with E-state index in [1.165, 1.54) is 55.6 Å². The Hall–Kier alpha value is -4.76.